The van der Waals surface area contributed by atoms with Gasteiger partial charge in [-0.2, -0.15) is 0 Å². The summed E-state index contributed by atoms with van der Waals surface area (Å²) in [4.78, 5) is 0. The molecule has 0 spiro atoms. The van der Waals surface area contributed by atoms with Crippen molar-refractivity contribution in [1.29, 1.82) is 0 Å². The van der Waals surface area contributed by atoms with Crippen molar-refractivity contribution in [3.05, 3.63) is 0 Å². The van der Waals surface area contributed by atoms with E-state index in [1.165, 1.54) is 7.11 Å². The van der Waals surface area contributed by atoms with Crippen molar-refractivity contribution in [3.63, 3.8) is 0 Å². The standard InChI is InChI=1S/C7H14O5/c1-11-5-2-4(3-8)12-7(10)6(5)9/h4-10H,2-3H2,1H3. The van der Waals surface area contributed by atoms with Gasteiger partial charge in [-0.25, -0.2) is 0 Å². The van der Waals surface area contributed by atoms with Gasteiger partial charge in [-0.05, 0) is 0 Å². The molecule has 0 amide bonds. The third kappa shape index (κ3) is 1.94. The van der Waals surface area contributed by atoms with Crippen LogP contribution >= 0.6 is 0 Å². The average Bonchev–Trinajstić information content (AvgIpc) is 2.09. The molecule has 3 N–H and O–H groups in total. The number of hydrogen-bond acceptors (Lipinski definition) is 5. The molecule has 4 unspecified atom stereocenters. The molecule has 72 valence electrons. The second-order valence-corrected chi connectivity index (χ2v) is 2.83. The Labute approximate surface area is 70.5 Å². The Balaban J connectivity index is 2.52. The Bertz CT molecular complexity index is 140. The van der Waals surface area contributed by atoms with Crippen molar-refractivity contribution in [2.24, 2.45) is 0 Å². The van der Waals surface area contributed by atoms with E-state index in [0.29, 0.717) is 6.42 Å². The minimum atomic E-state index is -1.26. The van der Waals surface area contributed by atoms with Crippen molar-refractivity contribution in [2.75, 3.05) is 13.7 Å². The highest BCUT2D eigenvalue weighted by Gasteiger charge is 2.36. The second kappa shape index (κ2) is 4.15. The van der Waals surface area contributed by atoms with Gasteiger partial charge in [0.25, 0.3) is 0 Å². The number of rotatable bonds is 2. The summed E-state index contributed by atoms with van der Waals surface area (Å²) in [7, 11) is 1.44. The fourth-order valence-electron chi connectivity index (χ4n) is 1.27. The van der Waals surface area contributed by atoms with E-state index in [0.717, 1.165) is 0 Å². The molecule has 12 heavy (non-hydrogen) atoms. The van der Waals surface area contributed by atoms with E-state index < -0.39 is 24.6 Å². The smallest absolute Gasteiger partial charge is 0.183 e. The minimum Gasteiger partial charge on any atom is -0.394 e. The zero-order valence-corrected chi connectivity index (χ0v) is 6.88. The Hall–Kier alpha value is -0.200. The summed E-state index contributed by atoms with van der Waals surface area (Å²) >= 11 is 0. The van der Waals surface area contributed by atoms with Gasteiger partial charge in [0.05, 0.1) is 18.8 Å². The molecule has 1 rings (SSSR count). The molecular weight excluding hydrogens is 164 g/mol. The molecule has 1 fully saturated rings. The van der Waals surface area contributed by atoms with Crippen LogP contribution in [0.2, 0.25) is 0 Å². The van der Waals surface area contributed by atoms with Crippen molar-refractivity contribution in [3.8, 4) is 0 Å². The molecule has 1 aliphatic heterocycles. The van der Waals surface area contributed by atoms with Crippen LogP contribution in [0.4, 0.5) is 0 Å². The Morgan fingerprint density at radius 3 is 2.67 bits per heavy atom. The van der Waals surface area contributed by atoms with E-state index in [-0.39, 0.29) is 6.61 Å². The predicted octanol–water partition coefficient (Wildman–Crippen LogP) is -1.54. The van der Waals surface area contributed by atoms with Crippen LogP contribution in [0.25, 0.3) is 0 Å². The van der Waals surface area contributed by atoms with Crippen LogP contribution < -0.4 is 0 Å². The van der Waals surface area contributed by atoms with Crippen molar-refractivity contribution in [2.45, 2.75) is 31.0 Å². The molecule has 5 nitrogen and oxygen atoms in total. The highest BCUT2D eigenvalue weighted by Crippen LogP contribution is 2.20. The molecule has 0 aromatic carbocycles. The molecule has 1 heterocycles. The normalized spacial score (nSPS) is 43.0. The third-order valence-corrected chi connectivity index (χ3v) is 2.01. The highest BCUT2D eigenvalue weighted by atomic mass is 16.6. The van der Waals surface area contributed by atoms with Crippen molar-refractivity contribution >= 4 is 0 Å². The summed E-state index contributed by atoms with van der Waals surface area (Å²) in [6.45, 7) is -0.177. The Morgan fingerprint density at radius 2 is 2.17 bits per heavy atom. The first-order valence-corrected chi connectivity index (χ1v) is 3.84. The van der Waals surface area contributed by atoms with Gasteiger partial charge in [-0.15, -0.1) is 0 Å². The summed E-state index contributed by atoms with van der Waals surface area (Å²) in [5.41, 5.74) is 0. The number of aliphatic hydroxyl groups excluding tert-OH is 3. The largest absolute Gasteiger partial charge is 0.394 e. The summed E-state index contributed by atoms with van der Waals surface area (Å²) in [5, 5.41) is 27.1. The lowest BCUT2D eigenvalue weighted by atomic mass is 10.0. The van der Waals surface area contributed by atoms with E-state index in [2.05, 4.69) is 0 Å². The van der Waals surface area contributed by atoms with E-state index in [9.17, 15) is 5.11 Å². The first kappa shape index (κ1) is 9.88. The van der Waals surface area contributed by atoms with Crippen LogP contribution in [0, 0.1) is 0 Å². The van der Waals surface area contributed by atoms with Gasteiger partial charge in [-0.3, -0.25) is 0 Å². The fraction of sp³-hybridized carbons (Fsp3) is 1.00. The lowest BCUT2D eigenvalue weighted by Crippen LogP contribution is -2.49. The van der Waals surface area contributed by atoms with Gasteiger partial charge in [-0.1, -0.05) is 0 Å². The van der Waals surface area contributed by atoms with Gasteiger partial charge in [0.2, 0.25) is 0 Å². The maximum absolute atomic E-state index is 9.27. The monoisotopic (exact) mass is 178 g/mol. The molecule has 0 saturated carbocycles. The molecule has 0 aromatic heterocycles. The van der Waals surface area contributed by atoms with Crippen LogP contribution in [0.15, 0.2) is 0 Å². The molecule has 0 aliphatic carbocycles. The number of hydrogen-bond donors (Lipinski definition) is 3. The Morgan fingerprint density at radius 1 is 1.50 bits per heavy atom. The van der Waals surface area contributed by atoms with Gasteiger partial charge in [0.15, 0.2) is 6.29 Å². The fourth-order valence-corrected chi connectivity index (χ4v) is 1.27. The van der Waals surface area contributed by atoms with Crippen LogP contribution in [0.5, 0.6) is 0 Å². The van der Waals surface area contributed by atoms with E-state index in [1.54, 1.807) is 0 Å². The van der Waals surface area contributed by atoms with Crippen LogP contribution in [0.1, 0.15) is 6.42 Å². The Kier molecular flexibility index (Phi) is 3.42. The molecule has 1 aliphatic rings. The van der Waals surface area contributed by atoms with Crippen molar-refractivity contribution in [1.82, 2.24) is 0 Å². The van der Waals surface area contributed by atoms with Gasteiger partial charge >= 0.3 is 0 Å². The molecule has 5 heteroatoms. The van der Waals surface area contributed by atoms with Crippen LogP contribution in [-0.4, -0.2) is 53.6 Å². The molecular formula is C7H14O5. The molecule has 0 radical (unpaired) electrons. The first-order valence-electron chi connectivity index (χ1n) is 3.84. The number of methoxy groups -OCH3 is 1. The number of aliphatic hydroxyl groups is 3. The molecule has 0 aromatic rings. The second-order valence-electron chi connectivity index (χ2n) is 2.83. The topological polar surface area (TPSA) is 79.2 Å². The van der Waals surface area contributed by atoms with Gasteiger partial charge < -0.3 is 24.8 Å². The van der Waals surface area contributed by atoms with Crippen molar-refractivity contribution < 1.29 is 24.8 Å². The third-order valence-electron chi connectivity index (χ3n) is 2.01. The van der Waals surface area contributed by atoms with E-state index >= 15 is 0 Å². The lowest BCUT2D eigenvalue weighted by Gasteiger charge is -2.35. The maximum Gasteiger partial charge on any atom is 0.183 e. The molecule has 1 saturated heterocycles. The van der Waals surface area contributed by atoms with Crippen LogP contribution in [0.3, 0.4) is 0 Å². The predicted molar refractivity (Wildman–Crippen MR) is 39.4 cm³/mol. The highest BCUT2D eigenvalue weighted by molar-refractivity contribution is 4.80. The van der Waals surface area contributed by atoms with E-state index in [1.807, 2.05) is 0 Å². The SMILES string of the molecule is COC1CC(CO)OC(O)C1O. The van der Waals surface area contributed by atoms with E-state index in [4.69, 9.17) is 19.7 Å². The average molecular weight is 178 g/mol. The van der Waals surface area contributed by atoms with Gasteiger partial charge in [0.1, 0.15) is 6.10 Å². The zero-order chi connectivity index (χ0) is 9.14. The van der Waals surface area contributed by atoms with Crippen LogP contribution in [-0.2, 0) is 9.47 Å². The first-order chi connectivity index (χ1) is 5.69. The summed E-state index contributed by atoms with van der Waals surface area (Å²) in [6.07, 6.45) is -2.82. The summed E-state index contributed by atoms with van der Waals surface area (Å²) in [6, 6.07) is 0. The quantitative estimate of drug-likeness (QED) is 0.477. The summed E-state index contributed by atoms with van der Waals surface area (Å²) in [5.74, 6) is 0. The van der Waals surface area contributed by atoms with Gasteiger partial charge in [0, 0.05) is 13.5 Å². The summed E-state index contributed by atoms with van der Waals surface area (Å²) < 4.78 is 9.76. The zero-order valence-electron chi connectivity index (χ0n) is 6.88. The maximum atomic E-state index is 9.27. The molecule has 4 atom stereocenters. The lowest BCUT2D eigenvalue weighted by molar-refractivity contribution is -0.256. The minimum absolute atomic E-state index is 0.177. The molecule has 0 bridgehead atoms. The number of ether oxygens (including phenoxy) is 2.